The fraction of sp³-hybridized carbons (Fsp3) is 0.650. The quantitative estimate of drug-likeness (QED) is 0.265. The van der Waals surface area contributed by atoms with E-state index < -0.39 is 9.84 Å². The molecule has 0 saturated heterocycles. The highest BCUT2D eigenvalue weighted by molar-refractivity contribution is 14.0. The minimum absolute atomic E-state index is 0. The van der Waals surface area contributed by atoms with Crippen LogP contribution in [0.15, 0.2) is 29.3 Å². The van der Waals surface area contributed by atoms with Crippen LogP contribution in [0.4, 0.5) is 0 Å². The second-order valence-corrected chi connectivity index (χ2v) is 9.15. The van der Waals surface area contributed by atoms with Crippen molar-refractivity contribution < 1.29 is 8.42 Å². The van der Waals surface area contributed by atoms with Crippen LogP contribution in [0.25, 0.3) is 0 Å². The zero-order valence-electron chi connectivity index (χ0n) is 17.9. The molecule has 1 unspecified atom stereocenters. The van der Waals surface area contributed by atoms with E-state index in [-0.39, 0.29) is 35.8 Å². The van der Waals surface area contributed by atoms with Gasteiger partial charge in [0, 0.05) is 25.4 Å². The SMILES string of the molecule is CCNC(=NCc1ccccc1CN(CC)CC)NC(C)CCS(C)(=O)=O.I. The Kier molecular flexibility index (Phi) is 13.7. The maximum absolute atomic E-state index is 11.4. The van der Waals surface area contributed by atoms with Crippen molar-refractivity contribution >= 4 is 39.8 Å². The van der Waals surface area contributed by atoms with Crippen LogP contribution in [-0.4, -0.2) is 57.0 Å². The Hall–Kier alpha value is -0.870. The van der Waals surface area contributed by atoms with Gasteiger partial charge >= 0.3 is 0 Å². The minimum atomic E-state index is -2.95. The van der Waals surface area contributed by atoms with Gasteiger partial charge in [-0.2, -0.15) is 0 Å². The predicted octanol–water partition coefficient (Wildman–Crippen LogP) is 3.02. The molecule has 1 aromatic rings. The Morgan fingerprint density at radius 3 is 2.29 bits per heavy atom. The number of hydrogen-bond acceptors (Lipinski definition) is 4. The molecule has 1 aromatic carbocycles. The third-order valence-corrected chi connectivity index (χ3v) is 5.44. The second kappa shape index (κ2) is 14.2. The van der Waals surface area contributed by atoms with Gasteiger partial charge in [-0.1, -0.05) is 38.1 Å². The zero-order valence-corrected chi connectivity index (χ0v) is 21.0. The van der Waals surface area contributed by atoms with Gasteiger partial charge in [0.15, 0.2) is 5.96 Å². The molecule has 1 atom stereocenters. The molecular weight excluding hydrogens is 487 g/mol. The first-order valence-electron chi connectivity index (χ1n) is 9.80. The smallest absolute Gasteiger partial charge is 0.191 e. The molecule has 6 nitrogen and oxygen atoms in total. The lowest BCUT2D eigenvalue weighted by Crippen LogP contribution is -2.42. The van der Waals surface area contributed by atoms with Gasteiger partial charge in [0.1, 0.15) is 9.84 Å². The molecule has 0 aromatic heterocycles. The predicted molar refractivity (Wildman–Crippen MR) is 130 cm³/mol. The fourth-order valence-corrected chi connectivity index (χ4v) is 3.52. The van der Waals surface area contributed by atoms with Gasteiger partial charge in [0.05, 0.1) is 12.3 Å². The van der Waals surface area contributed by atoms with Crippen molar-refractivity contribution in [2.45, 2.75) is 53.2 Å². The summed E-state index contributed by atoms with van der Waals surface area (Å²) in [7, 11) is -2.95. The number of benzene rings is 1. The molecule has 8 heteroatoms. The summed E-state index contributed by atoms with van der Waals surface area (Å²) in [5.41, 5.74) is 2.51. The average Bonchev–Trinajstić information content (AvgIpc) is 2.63. The van der Waals surface area contributed by atoms with Crippen LogP contribution >= 0.6 is 24.0 Å². The van der Waals surface area contributed by atoms with Gasteiger partial charge in [-0.25, -0.2) is 13.4 Å². The van der Waals surface area contributed by atoms with Gasteiger partial charge in [-0.3, -0.25) is 4.90 Å². The molecule has 0 aliphatic carbocycles. The van der Waals surface area contributed by atoms with E-state index in [0.717, 1.165) is 32.1 Å². The fourth-order valence-electron chi connectivity index (χ4n) is 2.73. The summed E-state index contributed by atoms with van der Waals surface area (Å²) >= 11 is 0. The van der Waals surface area contributed by atoms with E-state index in [1.54, 1.807) is 0 Å². The van der Waals surface area contributed by atoms with E-state index in [4.69, 9.17) is 4.99 Å². The highest BCUT2D eigenvalue weighted by Crippen LogP contribution is 2.13. The highest BCUT2D eigenvalue weighted by Gasteiger charge is 2.10. The Balaban J connectivity index is 0.00000729. The van der Waals surface area contributed by atoms with Crippen LogP contribution in [-0.2, 0) is 22.9 Å². The third kappa shape index (κ3) is 11.2. The van der Waals surface area contributed by atoms with Crippen LogP contribution in [0.1, 0.15) is 45.2 Å². The van der Waals surface area contributed by atoms with Crippen molar-refractivity contribution in [2.24, 2.45) is 4.99 Å². The number of sulfone groups is 1. The molecule has 28 heavy (non-hydrogen) atoms. The average molecular weight is 525 g/mol. The first-order chi connectivity index (χ1) is 12.8. The Bertz CT molecular complexity index is 691. The monoisotopic (exact) mass is 524 g/mol. The van der Waals surface area contributed by atoms with E-state index in [2.05, 4.69) is 47.6 Å². The Morgan fingerprint density at radius 2 is 1.75 bits per heavy atom. The number of nitrogens with one attached hydrogen (secondary N) is 2. The van der Waals surface area contributed by atoms with Gasteiger partial charge in [0.2, 0.25) is 0 Å². The Morgan fingerprint density at radius 1 is 1.14 bits per heavy atom. The maximum Gasteiger partial charge on any atom is 0.191 e. The molecule has 1 rings (SSSR count). The number of halogens is 1. The van der Waals surface area contributed by atoms with Gasteiger partial charge in [-0.15, -0.1) is 24.0 Å². The van der Waals surface area contributed by atoms with Crippen LogP contribution in [0.2, 0.25) is 0 Å². The number of hydrogen-bond donors (Lipinski definition) is 2. The van der Waals surface area contributed by atoms with E-state index in [9.17, 15) is 8.42 Å². The lowest BCUT2D eigenvalue weighted by Gasteiger charge is -2.20. The minimum Gasteiger partial charge on any atom is -0.357 e. The number of guanidine groups is 1. The van der Waals surface area contributed by atoms with Crippen molar-refractivity contribution in [1.29, 1.82) is 0 Å². The largest absolute Gasteiger partial charge is 0.357 e. The summed E-state index contributed by atoms with van der Waals surface area (Å²) in [6.07, 6.45) is 1.83. The van der Waals surface area contributed by atoms with Crippen molar-refractivity contribution in [1.82, 2.24) is 15.5 Å². The molecule has 2 N–H and O–H groups in total. The molecule has 0 fully saturated rings. The van der Waals surface area contributed by atoms with Crippen LogP contribution in [0.5, 0.6) is 0 Å². The summed E-state index contributed by atoms with van der Waals surface area (Å²) in [5.74, 6) is 0.893. The van der Waals surface area contributed by atoms with Crippen LogP contribution in [0.3, 0.4) is 0 Å². The summed E-state index contributed by atoms with van der Waals surface area (Å²) in [5, 5.41) is 6.55. The van der Waals surface area contributed by atoms with Crippen molar-refractivity contribution in [3.63, 3.8) is 0 Å². The van der Waals surface area contributed by atoms with Crippen molar-refractivity contribution in [2.75, 3.05) is 31.6 Å². The zero-order chi connectivity index (χ0) is 20.3. The number of nitrogens with zero attached hydrogens (tertiary/aromatic N) is 2. The van der Waals surface area contributed by atoms with Crippen molar-refractivity contribution in [3.8, 4) is 0 Å². The molecule has 0 heterocycles. The molecular formula is C20H37IN4O2S. The third-order valence-electron chi connectivity index (χ3n) is 4.46. The highest BCUT2D eigenvalue weighted by atomic mass is 127. The maximum atomic E-state index is 11.4. The number of rotatable bonds is 11. The summed E-state index contributed by atoms with van der Waals surface area (Å²) in [4.78, 5) is 7.10. The molecule has 162 valence electrons. The molecule has 0 aliphatic rings. The van der Waals surface area contributed by atoms with E-state index in [1.165, 1.54) is 17.4 Å². The molecule has 0 saturated carbocycles. The van der Waals surface area contributed by atoms with E-state index >= 15 is 0 Å². The lowest BCUT2D eigenvalue weighted by molar-refractivity contribution is 0.295. The number of aliphatic imine (C=N–C) groups is 1. The van der Waals surface area contributed by atoms with E-state index in [1.807, 2.05) is 19.9 Å². The molecule has 0 bridgehead atoms. The van der Waals surface area contributed by atoms with E-state index in [0.29, 0.717) is 13.0 Å². The van der Waals surface area contributed by atoms with Gasteiger partial charge < -0.3 is 10.6 Å². The molecule has 0 radical (unpaired) electrons. The van der Waals surface area contributed by atoms with Gasteiger partial charge in [0.25, 0.3) is 0 Å². The molecule has 0 amide bonds. The molecule has 0 spiro atoms. The Labute approximate surface area is 188 Å². The first-order valence-corrected chi connectivity index (χ1v) is 11.9. The standard InChI is InChI=1S/C20H36N4O2S.HI/c1-6-21-20(23-17(4)13-14-27(5,25)26)22-15-18-11-9-10-12-19(18)16-24(7-2)8-3;/h9-12,17H,6-8,13-16H2,1-5H3,(H2,21,22,23);1H. The summed E-state index contributed by atoms with van der Waals surface area (Å²) in [6.45, 7) is 12.7. The molecule has 0 aliphatic heterocycles. The first kappa shape index (κ1) is 27.1. The summed E-state index contributed by atoms with van der Waals surface area (Å²) in [6, 6.07) is 8.44. The van der Waals surface area contributed by atoms with Crippen LogP contribution < -0.4 is 10.6 Å². The topological polar surface area (TPSA) is 73.8 Å². The van der Waals surface area contributed by atoms with Crippen molar-refractivity contribution in [3.05, 3.63) is 35.4 Å². The summed E-state index contributed by atoms with van der Waals surface area (Å²) < 4.78 is 22.7. The van der Waals surface area contributed by atoms with Crippen LogP contribution in [0, 0.1) is 0 Å². The second-order valence-electron chi connectivity index (χ2n) is 6.89. The lowest BCUT2D eigenvalue weighted by atomic mass is 10.1. The van der Waals surface area contributed by atoms with Gasteiger partial charge in [-0.05, 0) is 44.5 Å². The normalized spacial score (nSPS) is 13.1.